The summed E-state index contributed by atoms with van der Waals surface area (Å²) in [5, 5.41) is 0. The number of rotatable bonds is 2. The Morgan fingerprint density at radius 3 is 2.21 bits per heavy atom. The van der Waals surface area contributed by atoms with Gasteiger partial charge in [-0.05, 0) is 17.7 Å². The van der Waals surface area contributed by atoms with Gasteiger partial charge >= 0.3 is 12.4 Å². The first kappa shape index (κ1) is 17.8. The average Bonchev–Trinajstić information content (AvgIpc) is 2.47. The highest BCUT2D eigenvalue weighted by molar-refractivity contribution is 5.67. The zero-order chi connectivity index (χ0) is 18.3. The molecule has 0 spiro atoms. The van der Waals surface area contributed by atoms with Gasteiger partial charge in [0.05, 0.1) is 12.7 Å². The number of hydrogen-bond donors (Lipinski definition) is 0. The van der Waals surface area contributed by atoms with E-state index in [9.17, 15) is 31.1 Å². The second-order valence-electron chi connectivity index (χ2n) is 4.75. The number of methoxy groups -OCH3 is 1. The van der Waals surface area contributed by atoms with Crippen LogP contribution < -0.4 is 10.3 Å². The third-order valence-electron chi connectivity index (χ3n) is 3.17. The monoisotopic (exact) mass is 352 g/mol. The fourth-order valence-electron chi connectivity index (χ4n) is 2.10. The fraction of sp³-hybridized carbons (Fsp3) is 0.286. The van der Waals surface area contributed by atoms with Crippen LogP contribution in [-0.2, 0) is 19.4 Å². The van der Waals surface area contributed by atoms with Gasteiger partial charge in [-0.15, -0.1) is 0 Å². The van der Waals surface area contributed by atoms with Crippen LogP contribution in [-0.4, -0.2) is 16.7 Å². The number of aromatic nitrogens is 2. The lowest BCUT2D eigenvalue weighted by Gasteiger charge is -2.17. The molecule has 0 N–H and O–H groups in total. The van der Waals surface area contributed by atoms with Gasteiger partial charge in [0, 0.05) is 7.05 Å². The molecule has 0 amide bonds. The number of halogens is 6. The Kier molecular flexibility index (Phi) is 4.34. The third kappa shape index (κ3) is 3.22. The maximum atomic E-state index is 13.2. The zero-order valence-electron chi connectivity index (χ0n) is 12.3. The molecule has 2 rings (SSSR count). The smallest absolute Gasteiger partial charge is 0.449 e. The van der Waals surface area contributed by atoms with Crippen molar-refractivity contribution in [3.8, 4) is 16.9 Å². The topological polar surface area (TPSA) is 44.1 Å². The van der Waals surface area contributed by atoms with Gasteiger partial charge in [0.15, 0.2) is 5.69 Å². The second kappa shape index (κ2) is 5.84. The van der Waals surface area contributed by atoms with Crippen LogP contribution in [0.1, 0.15) is 11.5 Å². The van der Waals surface area contributed by atoms with Crippen LogP contribution in [0.2, 0.25) is 0 Å². The normalized spacial score (nSPS) is 12.3. The number of ether oxygens (including phenoxy) is 1. The summed E-state index contributed by atoms with van der Waals surface area (Å²) in [7, 11) is 1.97. The van der Waals surface area contributed by atoms with Crippen molar-refractivity contribution in [1.82, 2.24) is 9.55 Å². The van der Waals surface area contributed by atoms with Crippen LogP contribution >= 0.6 is 0 Å². The molecule has 24 heavy (non-hydrogen) atoms. The van der Waals surface area contributed by atoms with E-state index in [-0.39, 0.29) is 15.9 Å². The van der Waals surface area contributed by atoms with E-state index in [2.05, 4.69) is 4.98 Å². The van der Waals surface area contributed by atoms with Crippen molar-refractivity contribution < 1.29 is 31.1 Å². The van der Waals surface area contributed by atoms with E-state index in [4.69, 9.17) is 4.74 Å². The van der Waals surface area contributed by atoms with Crippen molar-refractivity contribution in [3.63, 3.8) is 0 Å². The highest BCUT2D eigenvalue weighted by Gasteiger charge is 2.43. The minimum absolute atomic E-state index is 0.0457. The molecule has 0 atom stereocenters. The van der Waals surface area contributed by atoms with Crippen LogP contribution in [0, 0.1) is 0 Å². The standard InChI is InChI=1S/C14H10F6N2O2/c1-22-11(23)9(7-4-3-5-8(6-7)24-2)10(13(15,16)17)21-12(22)14(18,19)20/h3-6H,1-2H3. The van der Waals surface area contributed by atoms with Crippen LogP contribution in [0.4, 0.5) is 26.3 Å². The lowest BCUT2D eigenvalue weighted by Crippen LogP contribution is -2.32. The quantitative estimate of drug-likeness (QED) is 0.777. The summed E-state index contributed by atoms with van der Waals surface area (Å²) < 4.78 is 83.0. The van der Waals surface area contributed by atoms with Gasteiger partial charge in [0.1, 0.15) is 5.75 Å². The van der Waals surface area contributed by atoms with E-state index in [1.807, 2.05) is 0 Å². The lowest BCUT2D eigenvalue weighted by molar-refractivity contribution is -0.154. The Morgan fingerprint density at radius 2 is 1.71 bits per heavy atom. The molecule has 0 bridgehead atoms. The molecule has 0 saturated heterocycles. The predicted molar refractivity (Wildman–Crippen MR) is 71.5 cm³/mol. The fourth-order valence-corrected chi connectivity index (χ4v) is 2.10. The van der Waals surface area contributed by atoms with Crippen molar-refractivity contribution in [2.24, 2.45) is 7.05 Å². The van der Waals surface area contributed by atoms with Gasteiger partial charge in [0.2, 0.25) is 5.82 Å². The van der Waals surface area contributed by atoms with Crippen LogP contribution in [0.3, 0.4) is 0 Å². The summed E-state index contributed by atoms with van der Waals surface area (Å²) >= 11 is 0. The van der Waals surface area contributed by atoms with Gasteiger partial charge in [0.25, 0.3) is 5.56 Å². The molecular formula is C14H10F6N2O2. The zero-order valence-corrected chi connectivity index (χ0v) is 12.3. The first-order valence-corrected chi connectivity index (χ1v) is 6.36. The van der Waals surface area contributed by atoms with Crippen LogP contribution in [0.5, 0.6) is 5.75 Å². The molecule has 0 unspecified atom stereocenters. The first-order chi connectivity index (χ1) is 11.0. The van der Waals surface area contributed by atoms with E-state index in [0.717, 1.165) is 12.1 Å². The lowest BCUT2D eigenvalue weighted by atomic mass is 10.0. The van der Waals surface area contributed by atoms with E-state index in [1.54, 1.807) is 0 Å². The van der Waals surface area contributed by atoms with E-state index in [0.29, 0.717) is 7.05 Å². The maximum absolute atomic E-state index is 13.2. The summed E-state index contributed by atoms with van der Waals surface area (Å²) in [5.41, 5.74) is -4.58. The largest absolute Gasteiger partial charge is 0.497 e. The van der Waals surface area contributed by atoms with E-state index in [1.165, 1.54) is 19.2 Å². The Balaban J connectivity index is 2.89. The molecule has 0 aliphatic heterocycles. The predicted octanol–water partition coefficient (Wildman–Crippen LogP) is 3.49. The Hall–Kier alpha value is -2.52. The van der Waals surface area contributed by atoms with Crippen molar-refractivity contribution in [1.29, 1.82) is 0 Å². The molecule has 130 valence electrons. The number of alkyl halides is 6. The molecule has 1 aromatic carbocycles. The Labute approximate surface area is 131 Å². The van der Waals surface area contributed by atoms with Crippen molar-refractivity contribution in [2.45, 2.75) is 12.4 Å². The summed E-state index contributed by atoms with van der Waals surface area (Å²) in [6, 6.07) is 4.99. The summed E-state index contributed by atoms with van der Waals surface area (Å²) in [5.74, 6) is -1.78. The van der Waals surface area contributed by atoms with Gasteiger partial charge in [-0.25, -0.2) is 4.98 Å². The van der Waals surface area contributed by atoms with Gasteiger partial charge in [-0.1, -0.05) is 12.1 Å². The SMILES string of the molecule is COc1cccc(-c2c(C(F)(F)F)nc(C(F)(F)F)n(C)c2=O)c1. The molecule has 0 fully saturated rings. The highest BCUT2D eigenvalue weighted by Crippen LogP contribution is 2.37. The highest BCUT2D eigenvalue weighted by atomic mass is 19.4. The summed E-state index contributed by atoms with van der Waals surface area (Å²) in [6.07, 6.45) is -10.5. The first-order valence-electron chi connectivity index (χ1n) is 6.36. The molecule has 0 saturated carbocycles. The van der Waals surface area contributed by atoms with E-state index >= 15 is 0 Å². The van der Waals surface area contributed by atoms with E-state index < -0.39 is 35.0 Å². The molecule has 4 nitrogen and oxygen atoms in total. The number of hydrogen-bond acceptors (Lipinski definition) is 3. The van der Waals surface area contributed by atoms with Crippen LogP contribution in [0.15, 0.2) is 29.1 Å². The molecular weight excluding hydrogens is 342 g/mol. The molecule has 1 aromatic heterocycles. The summed E-state index contributed by atoms with van der Waals surface area (Å²) in [4.78, 5) is 14.9. The maximum Gasteiger partial charge on any atom is 0.449 e. The molecule has 10 heteroatoms. The van der Waals surface area contributed by atoms with Gasteiger partial charge in [-0.3, -0.25) is 9.36 Å². The minimum atomic E-state index is -5.24. The van der Waals surface area contributed by atoms with Gasteiger partial charge < -0.3 is 4.74 Å². The molecule has 0 aliphatic carbocycles. The molecule has 2 aromatic rings. The Morgan fingerprint density at radius 1 is 1.08 bits per heavy atom. The average molecular weight is 352 g/mol. The van der Waals surface area contributed by atoms with Crippen molar-refractivity contribution >= 4 is 0 Å². The molecule has 0 aliphatic rings. The van der Waals surface area contributed by atoms with Crippen LogP contribution in [0.25, 0.3) is 11.1 Å². The molecule has 1 heterocycles. The second-order valence-corrected chi connectivity index (χ2v) is 4.75. The van der Waals surface area contributed by atoms with Crippen molar-refractivity contribution in [2.75, 3.05) is 7.11 Å². The Bertz CT molecular complexity index is 823. The number of benzene rings is 1. The summed E-state index contributed by atoms with van der Waals surface area (Å²) in [6.45, 7) is 0. The molecule has 0 radical (unpaired) electrons. The van der Waals surface area contributed by atoms with Gasteiger partial charge in [-0.2, -0.15) is 26.3 Å². The minimum Gasteiger partial charge on any atom is -0.497 e. The van der Waals surface area contributed by atoms with Crippen molar-refractivity contribution in [3.05, 3.63) is 46.1 Å². The third-order valence-corrected chi connectivity index (χ3v) is 3.17. The number of nitrogens with zero attached hydrogens (tertiary/aromatic N) is 2.